The quantitative estimate of drug-likeness (QED) is 0.611. The molecule has 0 bridgehead atoms. The highest BCUT2D eigenvalue weighted by atomic mass is 16.5. The molecule has 6 heteroatoms. The lowest BCUT2D eigenvalue weighted by atomic mass is 9.53. The third-order valence-electron chi connectivity index (χ3n) is 7.29. The largest absolute Gasteiger partial charge is 0.504 e. The van der Waals surface area contributed by atoms with Gasteiger partial charge >= 0.3 is 5.97 Å². The minimum atomic E-state index is -0.420. The predicted molar refractivity (Wildman–Crippen MR) is 120 cm³/mol. The van der Waals surface area contributed by atoms with Gasteiger partial charge in [-0.05, 0) is 61.3 Å². The third kappa shape index (κ3) is 4.45. The minimum Gasteiger partial charge on any atom is -0.504 e. The van der Waals surface area contributed by atoms with Gasteiger partial charge in [-0.2, -0.15) is 0 Å². The number of phenols is 1. The lowest BCUT2D eigenvalue weighted by Crippen LogP contribution is -2.56. The summed E-state index contributed by atoms with van der Waals surface area (Å²) in [6.07, 6.45) is 4.20. The van der Waals surface area contributed by atoms with Crippen molar-refractivity contribution < 1.29 is 24.2 Å². The summed E-state index contributed by atoms with van der Waals surface area (Å²) in [4.78, 5) is 24.5. The molecule has 0 heterocycles. The summed E-state index contributed by atoms with van der Waals surface area (Å²) in [6.45, 7) is 7.41. The molecule has 2 aliphatic rings. The maximum absolute atomic E-state index is 12.7. The van der Waals surface area contributed by atoms with Crippen molar-refractivity contribution in [2.75, 3.05) is 20.8 Å². The smallest absolute Gasteiger partial charge is 0.305 e. The van der Waals surface area contributed by atoms with E-state index in [0.29, 0.717) is 30.9 Å². The molecule has 0 aromatic heterocycles. The summed E-state index contributed by atoms with van der Waals surface area (Å²) < 4.78 is 10.4. The summed E-state index contributed by atoms with van der Waals surface area (Å²) in [5, 5.41) is 15.0. The fourth-order valence-electron chi connectivity index (χ4n) is 5.78. The fourth-order valence-corrected chi connectivity index (χ4v) is 5.78. The molecule has 3 atom stereocenters. The number of rotatable bonds is 8. The number of hydrogen-bond acceptors (Lipinski definition) is 6. The number of ether oxygens (including phenoxy) is 2. The molecule has 1 fully saturated rings. The molecule has 172 valence electrons. The Kier molecular flexibility index (Phi) is 7.30. The van der Waals surface area contributed by atoms with E-state index in [4.69, 9.17) is 9.47 Å². The zero-order valence-electron chi connectivity index (χ0n) is 19.5. The summed E-state index contributed by atoms with van der Waals surface area (Å²) in [5.74, 6) is 1.35. The molecule has 3 rings (SSSR count). The number of hydrogen-bond donors (Lipinski definition) is 2. The van der Waals surface area contributed by atoms with E-state index in [1.807, 2.05) is 6.07 Å². The highest BCUT2D eigenvalue weighted by Crippen LogP contribution is 2.56. The first kappa shape index (κ1) is 23.6. The van der Waals surface area contributed by atoms with Gasteiger partial charge in [0.2, 0.25) is 0 Å². The Morgan fingerprint density at radius 1 is 1.35 bits per heavy atom. The highest BCUT2D eigenvalue weighted by molar-refractivity contribution is 5.82. The molecular formula is C25H37NO5. The molecular weight excluding hydrogens is 394 g/mol. The van der Waals surface area contributed by atoms with Gasteiger partial charge in [-0.1, -0.05) is 20.8 Å². The lowest BCUT2D eigenvalue weighted by Gasteiger charge is -2.52. The third-order valence-corrected chi connectivity index (χ3v) is 7.29. The SMILES string of the molecule is CC[C@@]12CC(=O)CCC1C(NCC(C)C)Cc1c(CCC(=O)OC)cc(OC)c(O)c12. The van der Waals surface area contributed by atoms with Crippen LogP contribution in [0.25, 0.3) is 0 Å². The molecule has 2 unspecified atom stereocenters. The Hall–Kier alpha value is -2.08. The van der Waals surface area contributed by atoms with Crippen molar-refractivity contribution in [1.29, 1.82) is 0 Å². The van der Waals surface area contributed by atoms with Gasteiger partial charge in [-0.3, -0.25) is 9.59 Å². The van der Waals surface area contributed by atoms with Crippen molar-refractivity contribution >= 4 is 11.8 Å². The number of ketones is 1. The number of carbonyl (C=O) groups excluding carboxylic acids is 2. The average molecular weight is 432 g/mol. The average Bonchev–Trinajstić information content (AvgIpc) is 2.75. The zero-order valence-corrected chi connectivity index (χ0v) is 19.5. The molecule has 0 radical (unpaired) electrons. The highest BCUT2D eigenvalue weighted by Gasteiger charge is 2.52. The van der Waals surface area contributed by atoms with E-state index < -0.39 is 5.41 Å². The Morgan fingerprint density at radius 3 is 2.71 bits per heavy atom. The first-order chi connectivity index (χ1) is 14.8. The number of phenolic OH excluding ortho intramolecular Hbond substituents is 1. The Morgan fingerprint density at radius 2 is 2.10 bits per heavy atom. The number of aromatic hydroxyl groups is 1. The van der Waals surface area contributed by atoms with Crippen LogP contribution in [0.4, 0.5) is 0 Å². The van der Waals surface area contributed by atoms with Crippen molar-refractivity contribution in [2.45, 2.75) is 77.2 Å². The van der Waals surface area contributed by atoms with Gasteiger partial charge in [0.25, 0.3) is 0 Å². The van der Waals surface area contributed by atoms with E-state index in [0.717, 1.165) is 42.5 Å². The van der Waals surface area contributed by atoms with Crippen LogP contribution >= 0.6 is 0 Å². The molecule has 31 heavy (non-hydrogen) atoms. The van der Waals surface area contributed by atoms with Gasteiger partial charge in [-0.15, -0.1) is 0 Å². The lowest BCUT2D eigenvalue weighted by molar-refractivity contribution is -0.140. The van der Waals surface area contributed by atoms with Crippen LogP contribution in [0.15, 0.2) is 6.07 Å². The van der Waals surface area contributed by atoms with Gasteiger partial charge in [0.1, 0.15) is 5.78 Å². The van der Waals surface area contributed by atoms with E-state index in [1.54, 1.807) is 7.11 Å². The molecule has 1 aromatic carbocycles. The van der Waals surface area contributed by atoms with Gasteiger partial charge in [0.15, 0.2) is 11.5 Å². The van der Waals surface area contributed by atoms with Crippen molar-refractivity contribution in [3.05, 3.63) is 22.8 Å². The second kappa shape index (κ2) is 9.60. The van der Waals surface area contributed by atoms with E-state index in [1.165, 1.54) is 7.11 Å². The van der Waals surface area contributed by atoms with Crippen molar-refractivity contribution in [3.8, 4) is 11.5 Å². The van der Waals surface area contributed by atoms with Crippen LogP contribution < -0.4 is 10.1 Å². The van der Waals surface area contributed by atoms with Crippen LogP contribution in [0.2, 0.25) is 0 Å². The number of nitrogens with one attached hydrogen (secondary N) is 1. The van der Waals surface area contributed by atoms with Gasteiger partial charge in [-0.25, -0.2) is 0 Å². The molecule has 0 amide bonds. The molecule has 0 saturated heterocycles. The number of esters is 1. The van der Waals surface area contributed by atoms with Crippen LogP contribution in [0, 0.1) is 11.8 Å². The summed E-state index contributed by atoms with van der Waals surface area (Å²) in [6, 6.07) is 2.08. The molecule has 1 aromatic rings. The van der Waals surface area contributed by atoms with Crippen molar-refractivity contribution in [1.82, 2.24) is 5.32 Å². The van der Waals surface area contributed by atoms with E-state index in [9.17, 15) is 14.7 Å². The monoisotopic (exact) mass is 431 g/mol. The molecule has 0 aliphatic heterocycles. The van der Waals surface area contributed by atoms with Gasteiger partial charge in [0.05, 0.1) is 14.2 Å². The summed E-state index contributed by atoms with van der Waals surface area (Å²) in [5.41, 5.74) is 2.51. The molecule has 1 saturated carbocycles. The van der Waals surface area contributed by atoms with Crippen molar-refractivity contribution in [2.24, 2.45) is 11.8 Å². The van der Waals surface area contributed by atoms with Crippen LogP contribution in [-0.4, -0.2) is 43.7 Å². The first-order valence-corrected chi connectivity index (χ1v) is 11.5. The number of methoxy groups -OCH3 is 2. The normalized spacial score (nSPS) is 25.2. The maximum Gasteiger partial charge on any atom is 0.305 e. The number of aryl methyl sites for hydroxylation is 1. The number of benzene rings is 1. The van der Waals surface area contributed by atoms with Crippen LogP contribution in [0.5, 0.6) is 11.5 Å². The fraction of sp³-hybridized carbons (Fsp3) is 0.680. The molecule has 2 aliphatic carbocycles. The van der Waals surface area contributed by atoms with Crippen LogP contribution in [0.1, 0.15) is 69.6 Å². The summed E-state index contributed by atoms with van der Waals surface area (Å²) in [7, 11) is 2.94. The van der Waals surface area contributed by atoms with Gasteiger partial charge < -0.3 is 19.9 Å². The minimum absolute atomic E-state index is 0.156. The first-order valence-electron chi connectivity index (χ1n) is 11.5. The van der Waals surface area contributed by atoms with E-state index in [-0.39, 0.29) is 35.9 Å². The van der Waals surface area contributed by atoms with E-state index in [2.05, 4.69) is 26.1 Å². The number of fused-ring (bicyclic) bond motifs is 3. The van der Waals surface area contributed by atoms with Crippen LogP contribution in [-0.2, 0) is 32.6 Å². The number of Topliss-reactive ketones (excluding diaryl/α,β-unsaturated/α-hetero) is 1. The summed E-state index contributed by atoms with van der Waals surface area (Å²) >= 11 is 0. The Labute approximate surface area is 185 Å². The molecule has 2 N–H and O–H groups in total. The van der Waals surface area contributed by atoms with Crippen molar-refractivity contribution in [3.63, 3.8) is 0 Å². The van der Waals surface area contributed by atoms with E-state index >= 15 is 0 Å². The molecule has 6 nitrogen and oxygen atoms in total. The Bertz CT molecular complexity index is 834. The Balaban J connectivity index is 2.17. The predicted octanol–water partition coefficient (Wildman–Crippen LogP) is 3.69. The maximum atomic E-state index is 12.7. The molecule has 0 spiro atoms. The van der Waals surface area contributed by atoms with Gasteiger partial charge in [0, 0.05) is 36.3 Å². The number of carbonyl (C=O) groups is 2. The van der Waals surface area contributed by atoms with Crippen LogP contribution in [0.3, 0.4) is 0 Å². The topological polar surface area (TPSA) is 84.9 Å². The zero-order chi connectivity index (χ0) is 22.8. The standard InChI is InChI=1S/C25H37NO5/c1-6-25-13-17(27)8-9-19(25)20(26-14-15(2)3)12-18-16(7-10-22(28)31-5)11-21(30-4)24(29)23(18)25/h11,15,19-20,26,29H,6-10,12-14H2,1-5H3/t19?,20?,25-/m1/s1. The second-order valence-corrected chi connectivity index (χ2v) is 9.50. The second-order valence-electron chi connectivity index (χ2n) is 9.50.